The molecule has 180 valence electrons. The van der Waals surface area contributed by atoms with E-state index in [2.05, 4.69) is 27.9 Å². The Hall–Kier alpha value is -2.24. The monoisotopic (exact) mass is 614 g/mol. The lowest BCUT2D eigenvalue weighted by Gasteiger charge is -2.14. The van der Waals surface area contributed by atoms with Gasteiger partial charge < -0.3 is 14.8 Å². The number of hydrogen-bond acceptors (Lipinski definition) is 6. The van der Waals surface area contributed by atoms with Crippen LogP contribution in [-0.2, 0) is 9.59 Å². The van der Waals surface area contributed by atoms with Gasteiger partial charge in [0.1, 0.15) is 6.54 Å². The number of benzene rings is 2. The number of aryl methyl sites for hydroxylation is 1. The average molecular weight is 615 g/mol. The number of nitrogens with one attached hydrogen (secondary N) is 1. The molecule has 0 bridgehead atoms. The first kappa shape index (κ1) is 26.4. The number of anilines is 1. The highest BCUT2D eigenvalue weighted by Crippen LogP contribution is 2.37. The van der Waals surface area contributed by atoms with Gasteiger partial charge in [0.25, 0.3) is 11.1 Å². The fraction of sp³-hybridized carbons (Fsp3) is 0.292. The minimum absolute atomic E-state index is 0.234. The molecular formula is C24H24ClIN2O5S. The van der Waals surface area contributed by atoms with Gasteiger partial charge in [-0.05, 0) is 96.1 Å². The number of ether oxygens (including phenoxy) is 2. The third kappa shape index (κ3) is 6.45. The predicted octanol–water partition coefficient (Wildman–Crippen LogP) is 6.12. The highest BCUT2D eigenvalue weighted by Gasteiger charge is 2.36. The van der Waals surface area contributed by atoms with Crippen LogP contribution in [0.25, 0.3) is 6.08 Å². The molecule has 1 fully saturated rings. The summed E-state index contributed by atoms with van der Waals surface area (Å²) < 4.78 is 12.4. The number of hydrogen-bond donors (Lipinski definition) is 1. The molecule has 3 amide bonds. The van der Waals surface area contributed by atoms with E-state index in [4.69, 9.17) is 21.1 Å². The van der Waals surface area contributed by atoms with Crippen LogP contribution in [0, 0.1) is 10.5 Å². The van der Waals surface area contributed by atoms with Crippen LogP contribution in [0.5, 0.6) is 11.5 Å². The summed E-state index contributed by atoms with van der Waals surface area (Å²) in [6, 6.07) is 8.75. The van der Waals surface area contributed by atoms with Crippen LogP contribution in [0.1, 0.15) is 31.4 Å². The molecule has 1 N–H and O–H groups in total. The Morgan fingerprint density at radius 3 is 2.68 bits per heavy atom. The lowest BCUT2D eigenvalue weighted by Crippen LogP contribution is -2.36. The summed E-state index contributed by atoms with van der Waals surface area (Å²) in [7, 11) is 0. The minimum Gasteiger partial charge on any atom is -0.490 e. The van der Waals surface area contributed by atoms with Crippen LogP contribution < -0.4 is 14.8 Å². The van der Waals surface area contributed by atoms with Gasteiger partial charge in [0.05, 0.1) is 21.7 Å². The van der Waals surface area contributed by atoms with Crippen molar-refractivity contribution in [3.05, 3.63) is 55.0 Å². The second-order valence-corrected chi connectivity index (χ2v) is 9.98. The standard InChI is InChI=1S/C24H24ClIN2O5S/c1-4-8-33-22-17(26)9-15(10-19(22)32-5-2)11-20-23(30)28(24(31)34-20)13-21(29)27-18-12-16(25)7-6-14(18)3/h6-7,9-12H,4-5,8,13H2,1-3H3,(H,27,29)/b20-11-. The lowest BCUT2D eigenvalue weighted by molar-refractivity contribution is -0.127. The summed E-state index contributed by atoms with van der Waals surface area (Å²) >= 11 is 8.94. The highest BCUT2D eigenvalue weighted by atomic mass is 127. The Kier molecular flexibility index (Phi) is 9.26. The quantitative estimate of drug-likeness (QED) is 0.271. The van der Waals surface area contributed by atoms with Gasteiger partial charge in [0.15, 0.2) is 11.5 Å². The van der Waals surface area contributed by atoms with Crippen LogP contribution in [0.2, 0.25) is 5.02 Å². The third-order valence-corrected chi connectivity index (χ3v) is 6.67. The van der Waals surface area contributed by atoms with Crippen molar-refractivity contribution in [2.45, 2.75) is 27.2 Å². The van der Waals surface area contributed by atoms with E-state index in [0.717, 1.165) is 32.2 Å². The van der Waals surface area contributed by atoms with Crippen molar-refractivity contribution in [1.29, 1.82) is 0 Å². The summed E-state index contributed by atoms with van der Waals surface area (Å²) in [6.45, 7) is 6.36. The maximum atomic E-state index is 12.9. The van der Waals surface area contributed by atoms with Crippen molar-refractivity contribution in [1.82, 2.24) is 4.90 Å². The predicted molar refractivity (Wildman–Crippen MR) is 144 cm³/mol. The molecule has 0 aromatic heterocycles. The number of rotatable bonds is 9. The van der Waals surface area contributed by atoms with Crippen LogP contribution in [-0.4, -0.2) is 41.7 Å². The molecule has 0 radical (unpaired) electrons. The van der Waals surface area contributed by atoms with Gasteiger partial charge >= 0.3 is 0 Å². The van der Waals surface area contributed by atoms with E-state index in [1.165, 1.54) is 0 Å². The molecule has 2 aromatic rings. The normalized spacial score (nSPS) is 14.6. The van der Waals surface area contributed by atoms with Gasteiger partial charge in [-0.15, -0.1) is 0 Å². The number of halogens is 2. The zero-order valence-electron chi connectivity index (χ0n) is 18.9. The fourth-order valence-corrected chi connectivity index (χ4v) is 4.92. The van der Waals surface area contributed by atoms with Crippen LogP contribution in [0.15, 0.2) is 35.2 Å². The van der Waals surface area contributed by atoms with Crippen LogP contribution in [0.3, 0.4) is 0 Å². The second kappa shape index (κ2) is 11.9. The van der Waals surface area contributed by atoms with Gasteiger partial charge in [-0.2, -0.15) is 0 Å². The molecule has 3 rings (SSSR count). The maximum Gasteiger partial charge on any atom is 0.294 e. The highest BCUT2D eigenvalue weighted by molar-refractivity contribution is 14.1. The van der Waals surface area contributed by atoms with E-state index in [1.54, 1.807) is 30.3 Å². The van der Waals surface area contributed by atoms with E-state index >= 15 is 0 Å². The summed E-state index contributed by atoms with van der Waals surface area (Å²) in [5.41, 5.74) is 2.04. The van der Waals surface area contributed by atoms with Crippen molar-refractivity contribution in [3.63, 3.8) is 0 Å². The van der Waals surface area contributed by atoms with E-state index in [1.807, 2.05) is 26.8 Å². The first-order valence-electron chi connectivity index (χ1n) is 10.6. The van der Waals surface area contributed by atoms with E-state index in [9.17, 15) is 14.4 Å². The molecule has 1 aliphatic heterocycles. The van der Waals surface area contributed by atoms with E-state index < -0.39 is 17.1 Å². The number of amides is 3. The summed E-state index contributed by atoms with van der Waals surface area (Å²) in [5, 5.41) is 2.68. The van der Waals surface area contributed by atoms with Gasteiger partial charge in [-0.1, -0.05) is 24.6 Å². The largest absolute Gasteiger partial charge is 0.490 e. The van der Waals surface area contributed by atoms with Gasteiger partial charge in [0, 0.05) is 10.7 Å². The van der Waals surface area contributed by atoms with Crippen molar-refractivity contribution in [3.8, 4) is 11.5 Å². The van der Waals surface area contributed by atoms with Crippen molar-refractivity contribution >= 4 is 74.8 Å². The van der Waals surface area contributed by atoms with E-state index in [0.29, 0.717) is 41.0 Å². The minimum atomic E-state index is -0.521. The lowest BCUT2D eigenvalue weighted by atomic mass is 10.2. The molecule has 1 aliphatic rings. The first-order chi connectivity index (χ1) is 16.2. The molecule has 0 unspecified atom stereocenters. The Labute approximate surface area is 221 Å². The number of carbonyl (C=O) groups excluding carboxylic acids is 3. The Morgan fingerprint density at radius 1 is 1.21 bits per heavy atom. The number of nitrogens with zero attached hydrogens (tertiary/aromatic N) is 1. The van der Waals surface area contributed by atoms with Crippen LogP contribution in [0.4, 0.5) is 10.5 Å². The molecule has 2 aromatic carbocycles. The molecular weight excluding hydrogens is 591 g/mol. The van der Waals surface area contributed by atoms with Gasteiger partial charge in [-0.3, -0.25) is 19.3 Å². The van der Waals surface area contributed by atoms with Crippen molar-refractivity contribution < 1.29 is 23.9 Å². The van der Waals surface area contributed by atoms with Crippen molar-refractivity contribution in [2.75, 3.05) is 25.1 Å². The Bertz CT molecular complexity index is 1150. The summed E-state index contributed by atoms with van der Waals surface area (Å²) in [6.07, 6.45) is 2.49. The number of thioether (sulfide) groups is 1. The smallest absolute Gasteiger partial charge is 0.294 e. The Morgan fingerprint density at radius 2 is 1.97 bits per heavy atom. The summed E-state index contributed by atoms with van der Waals surface area (Å²) in [4.78, 5) is 39.0. The number of imide groups is 1. The molecule has 10 heteroatoms. The molecule has 1 heterocycles. The van der Waals surface area contributed by atoms with Crippen molar-refractivity contribution in [2.24, 2.45) is 0 Å². The molecule has 0 saturated carbocycles. The van der Waals surface area contributed by atoms with E-state index in [-0.39, 0.29) is 11.4 Å². The number of carbonyl (C=O) groups is 3. The summed E-state index contributed by atoms with van der Waals surface area (Å²) in [5.74, 6) is 0.221. The molecule has 0 atom stereocenters. The Balaban J connectivity index is 1.77. The first-order valence-corrected chi connectivity index (χ1v) is 12.9. The average Bonchev–Trinajstić information content (AvgIpc) is 3.03. The fourth-order valence-electron chi connectivity index (χ4n) is 3.13. The molecule has 0 spiro atoms. The molecule has 34 heavy (non-hydrogen) atoms. The molecule has 0 aliphatic carbocycles. The molecule has 1 saturated heterocycles. The third-order valence-electron chi connectivity index (χ3n) is 4.73. The second-order valence-electron chi connectivity index (χ2n) is 7.39. The SMILES string of the molecule is CCCOc1c(I)cc(/C=C2\SC(=O)N(CC(=O)Nc3cc(Cl)ccc3C)C2=O)cc1OCC. The molecule has 7 nitrogen and oxygen atoms in total. The van der Waals surface area contributed by atoms with Gasteiger partial charge in [-0.25, -0.2) is 0 Å². The topological polar surface area (TPSA) is 84.9 Å². The van der Waals surface area contributed by atoms with Gasteiger partial charge in [0.2, 0.25) is 5.91 Å². The zero-order valence-corrected chi connectivity index (χ0v) is 22.7. The zero-order chi connectivity index (χ0) is 24.8. The maximum absolute atomic E-state index is 12.9. The van der Waals surface area contributed by atoms with Crippen LogP contribution >= 0.6 is 46.0 Å².